The van der Waals surface area contributed by atoms with Crippen molar-refractivity contribution in [1.82, 2.24) is 5.32 Å². The summed E-state index contributed by atoms with van der Waals surface area (Å²) in [6, 6.07) is 11.0. The summed E-state index contributed by atoms with van der Waals surface area (Å²) in [5.41, 5.74) is 1.13. The summed E-state index contributed by atoms with van der Waals surface area (Å²) in [5, 5.41) is 3.46. The van der Waals surface area contributed by atoms with Crippen molar-refractivity contribution in [2.24, 2.45) is 0 Å². The van der Waals surface area contributed by atoms with E-state index in [1.165, 1.54) is 12.1 Å². The molecule has 1 N–H and O–H groups in total. The van der Waals surface area contributed by atoms with E-state index in [0.29, 0.717) is 6.04 Å². The molecule has 0 amide bonds. The average Bonchev–Trinajstić information content (AvgIpc) is 2.85. The van der Waals surface area contributed by atoms with E-state index in [9.17, 15) is 4.39 Å². The summed E-state index contributed by atoms with van der Waals surface area (Å²) in [4.78, 5) is 0. The van der Waals surface area contributed by atoms with Crippen molar-refractivity contribution in [2.45, 2.75) is 32.4 Å². The summed E-state index contributed by atoms with van der Waals surface area (Å²) in [7, 11) is 0. The van der Waals surface area contributed by atoms with E-state index in [-0.39, 0.29) is 11.9 Å². The molecular formula is C15H18FNO. The van der Waals surface area contributed by atoms with E-state index in [1.54, 1.807) is 6.26 Å². The van der Waals surface area contributed by atoms with Gasteiger partial charge < -0.3 is 9.73 Å². The highest BCUT2D eigenvalue weighted by molar-refractivity contribution is 5.17. The maximum absolute atomic E-state index is 12.8. The molecule has 1 heterocycles. The largest absolute Gasteiger partial charge is 0.468 e. The van der Waals surface area contributed by atoms with Crippen LogP contribution >= 0.6 is 0 Å². The van der Waals surface area contributed by atoms with Crippen LogP contribution in [0.5, 0.6) is 0 Å². The van der Waals surface area contributed by atoms with Crippen molar-refractivity contribution in [2.75, 3.05) is 0 Å². The lowest BCUT2D eigenvalue weighted by molar-refractivity contribution is 0.397. The highest BCUT2D eigenvalue weighted by Crippen LogP contribution is 2.14. The first-order chi connectivity index (χ1) is 8.65. The van der Waals surface area contributed by atoms with Crippen LogP contribution in [-0.2, 0) is 6.42 Å². The van der Waals surface area contributed by atoms with Gasteiger partial charge in [0.25, 0.3) is 0 Å². The Morgan fingerprint density at radius 1 is 1.17 bits per heavy atom. The number of nitrogens with one attached hydrogen (secondary N) is 1. The van der Waals surface area contributed by atoms with Crippen molar-refractivity contribution in [3.05, 3.63) is 59.8 Å². The standard InChI is InChI=1S/C15H18FNO/c1-11(10-13-5-7-14(16)8-6-13)17-12(2)15-4-3-9-18-15/h3-9,11-12,17H,10H2,1-2H3. The fourth-order valence-corrected chi connectivity index (χ4v) is 2.08. The van der Waals surface area contributed by atoms with Gasteiger partial charge in [0.2, 0.25) is 0 Å². The van der Waals surface area contributed by atoms with Crippen LogP contribution in [0.1, 0.15) is 31.2 Å². The number of furan rings is 1. The van der Waals surface area contributed by atoms with Gasteiger partial charge in [-0.3, -0.25) is 0 Å². The Morgan fingerprint density at radius 3 is 2.50 bits per heavy atom. The van der Waals surface area contributed by atoms with Gasteiger partial charge >= 0.3 is 0 Å². The number of rotatable bonds is 5. The van der Waals surface area contributed by atoms with Gasteiger partial charge in [-0.1, -0.05) is 12.1 Å². The van der Waals surface area contributed by atoms with Crippen LogP contribution in [0.2, 0.25) is 0 Å². The lowest BCUT2D eigenvalue weighted by atomic mass is 10.1. The van der Waals surface area contributed by atoms with Gasteiger partial charge in [-0.25, -0.2) is 4.39 Å². The molecule has 2 atom stereocenters. The number of hydrogen-bond donors (Lipinski definition) is 1. The fraction of sp³-hybridized carbons (Fsp3) is 0.333. The van der Waals surface area contributed by atoms with Gasteiger partial charge in [-0.05, 0) is 50.1 Å². The van der Waals surface area contributed by atoms with Gasteiger partial charge in [0.15, 0.2) is 0 Å². The molecule has 2 aromatic rings. The van der Waals surface area contributed by atoms with E-state index in [4.69, 9.17) is 4.42 Å². The molecule has 0 saturated carbocycles. The predicted molar refractivity (Wildman–Crippen MR) is 69.8 cm³/mol. The van der Waals surface area contributed by atoms with Crippen LogP contribution in [0.3, 0.4) is 0 Å². The highest BCUT2D eigenvalue weighted by Gasteiger charge is 2.11. The average molecular weight is 247 g/mol. The molecule has 2 rings (SSSR count). The van der Waals surface area contributed by atoms with Crippen molar-refractivity contribution in [1.29, 1.82) is 0 Å². The summed E-state index contributed by atoms with van der Waals surface area (Å²) < 4.78 is 18.1. The fourth-order valence-electron chi connectivity index (χ4n) is 2.08. The van der Waals surface area contributed by atoms with E-state index in [2.05, 4.69) is 19.2 Å². The first kappa shape index (κ1) is 12.8. The van der Waals surface area contributed by atoms with E-state index < -0.39 is 0 Å². The first-order valence-electron chi connectivity index (χ1n) is 6.19. The topological polar surface area (TPSA) is 25.2 Å². The molecule has 0 aliphatic carbocycles. The van der Waals surface area contributed by atoms with Crippen LogP contribution in [0.25, 0.3) is 0 Å². The highest BCUT2D eigenvalue weighted by atomic mass is 19.1. The molecule has 0 saturated heterocycles. The minimum absolute atomic E-state index is 0.176. The molecule has 2 unspecified atom stereocenters. The Labute approximate surface area is 107 Å². The number of benzene rings is 1. The predicted octanol–water partition coefficient (Wildman–Crippen LogP) is 3.70. The van der Waals surface area contributed by atoms with E-state index in [0.717, 1.165) is 17.7 Å². The van der Waals surface area contributed by atoms with Gasteiger partial charge in [-0.15, -0.1) is 0 Å². The normalized spacial score (nSPS) is 14.4. The van der Waals surface area contributed by atoms with Gasteiger partial charge in [-0.2, -0.15) is 0 Å². The lowest BCUT2D eigenvalue weighted by Crippen LogP contribution is -2.30. The zero-order chi connectivity index (χ0) is 13.0. The summed E-state index contributed by atoms with van der Waals surface area (Å²) >= 11 is 0. The van der Waals surface area contributed by atoms with E-state index >= 15 is 0 Å². The minimum atomic E-state index is -0.191. The van der Waals surface area contributed by atoms with Crippen molar-refractivity contribution >= 4 is 0 Å². The molecule has 0 spiro atoms. The van der Waals surface area contributed by atoms with E-state index in [1.807, 2.05) is 24.3 Å². The SMILES string of the molecule is CC(Cc1ccc(F)cc1)NC(C)c1ccco1. The summed E-state index contributed by atoms with van der Waals surface area (Å²) in [5.74, 6) is 0.740. The monoisotopic (exact) mass is 247 g/mol. The molecule has 0 aliphatic rings. The molecule has 0 aliphatic heterocycles. The quantitative estimate of drug-likeness (QED) is 0.871. The van der Waals surface area contributed by atoms with Gasteiger partial charge in [0.1, 0.15) is 11.6 Å². The number of halogens is 1. The number of hydrogen-bond acceptors (Lipinski definition) is 2. The zero-order valence-electron chi connectivity index (χ0n) is 10.7. The smallest absolute Gasteiger partial charge is 0.123 e. The minimum Gasteiger partial charge on any atom is -0.468 e. The Balaban J connectivity index is 1.88. The molecule has 18 heavy (non-hydrogen) atoms. The van der Waals surface area contributed by atoms with Crippen LogP contribution in [-0.4, -0.2) is 6.04 Å². The van der Waals surface area contributed by atoms with Crippen molar-refractivity contribution < 1.29 is 8.81 Å². The molecule has 96 valence electrons. The Hall–Kier alpha value is -1.61. The second-order valence-electron chi connectivity index (χ2n) is 4.64. The van der Waals surface area contributed by atoms with Crippen LogP contribution < -0.4 is 5.32 Å². The molecule has 0 fully saturated rings. The Kier molecular flexibility index (Phi) is 4.15. The summed E-state index contributed by atoms with van der Waals surface area (Å²) in [6.07, 6.45) is 2.55. The second kappa shape index (κ2) is 5.83. The summed E-state index contributed by atoms with van der Waals surface area (Å²) in [6.45, 7) is 4.18. The van der Waals surface area contributed by atoms with Crippen molar-refractivity contribution in [3.63, 3.8) is 0 Å². The second-order valence-corrected chi connectivity index (χ2v) is 4.64. The van der Waals surface area contributed by atoms with Crippen LogP contribution in [0.4, 0.5) is 4.39 Å². The van der Waals surface area contributed by atoms with Crippen LogP contribution in [0.15, 0.2) is 47.1 Å². The molecule has 3 heteroatoms. The Bertz CT molecular complexity index is 464. The third-order valence-corrected chi connectivity index (χ3v) is 2.96. The Morgan fingerprint density at radius 2 is 1.89 bits per heavy atom. The van der Waals surface area contributed by atoms with Crippen LogP contribution in [0, 0.1) is 5.82 Å². The molecule has 0 radical (unpaired) electrons. The molecule has 0 bridgehead atoms. The molecule has 1 aromatic carbocycles. The maximum Gasteiger partial charge on any atom is 0.123 e. The molecule has 1 aromatic heterocycles. The van der Waals surface area contributed by atoms with Gasteiger partial charge in [0, 0.05) is 6.04 Å². The van der Waals surface area contributed by atoms with Gasteiger partial charge in [0.05, 0.1) is 12.3 Å². The first-order valence-corrected chi connectivity index (χ1v) is 6.19. The third-order valence-electron chi connectivity index (χ3n) is 2.96. The maximum atomic E-state index is 12.8. The zero-order valence-corrected chi connectivity index (χ0v) is 10.7. The molecule has 2 nitrogen and oxygen atoms in total. The molecular weight excluding hydrogens is 229 g/mol. The third kappa shape index (κ3) is 3.44. The van der Waals surface area contributed by atoms with Crippen molar-refractivity contribution in [3.8, 4) is 0 Å². The lowest BCUT2D eigenvalue weighted by Gasteiger charge is -2.18.